The highest BCUT2D eigenvalue weighted by Gasteiger charge is 2.53. The molecule has 0 saturated heterocycles. The number of nitrogens with zero attached hydrogens (tertiary/aromatic N) is 6. The molecule has 6 rings (SSSR count). The van der Waals surface area contributed by atoms with Crippen molar-refractivity contribution in [2.45, 2.75) is 42.3 Å². The van der Waals surface area contributed by atoms with Crippen LogP contribution in [0.4, 0.5) is 17.6 Å². The molecule has 0 N–H and O–H groups in total. The number of pyridine rings is 1. The molecule has 0 amide bonds. The molecule has 14 heteroatoms. The number of hydrogen-bond donors (Lipinski definition) is 0. The van der Waals surface area contributed by atoms with Gasteiger partial charge in [-0.05, 0) is 73.7 Å². The van der Waals surface area contributed by atoms with Gasteiger partial charge in [0, 0.05) is 13.2 Å². The number of carbonyl (C=O) groups excluding carboxylic acids is 1. The number of ketones is 1. The lowest BCUT2D eigenvalue weighted by Crippen LogP contribution is -2.46. The molecule has 2 aliphatic carbocycles. The smallest absolute Gasteiger partial charge is 0.291 e. The number of benzene rings is 1. The van der Waals surface area contributed by atoms with Gasteiger partial charge in [-0.3, -0.25) is 9.78 Å². The van der Waals surface area contributed by atoms with Gasteiger partial charge in [0.05, 0.1) is 33.8 Å². The number of carbonyl (C=O) groups is 1. The number of Topliss-reactive ketones (excluding diaryl/α,β-unsaturated/α-hetero) is 1. The number of aromatic nitrogens is 6. The fourth-order valence-corrected chi connectivity index (χ4v) is 7.63. The summed E-state index contributed by atoms with van der Waals surface area (Å²) in [5, 5.41) is 6.97. The number of rotatable bonds is 5. The number of hydrogen-bond acceptors (Lipinski definition) is 7. The van der Waals surface area contributed by atoms with E-state index < -0.39 is 49.5 Å². The monoisotopic (exact) mass is 586 g/mol. The van der Waals surface area contributed by atoms with Crippen molar-refractivity contribution in [3.05, 3.63) is 89.0 Å². The van der Waals surface area contributed by atoms with Crippen LogP contribution >= 0.6 is 0 Å². The zero-order valence-corrected chi connectivity index (χ0v) is 22.3. The van der Waals surface area contributed by atoms with Crippen molar-refractivity contribution in [1.82, 2.24) is 29.5 Å². The normalized spacial score (nSPS) is 20.7. The topological polar surface area (TPSA) is 113 Å². The Morgan fingerprint density at radius 3 is 2.54 bits per heavy atom. The van der Waals surface area contributed by atoms with Crippen molar-refractivity contribution in [2.75, 3.05) is 0 Å². The number of halogens is 4. The third-order valence-corrected chi connectivity index (χ3v) is 9.96. The zero-order valence-electron chi connectivity index (χ0n) is 21.5. The number of aryl methyl sites for hydroxylation is 1. The second kappa shape index (κ2) is 9.43. The fraction of sp³-hybridized carbons (Fsp3) is 0.296. The van der Waals surface area contributed by atoms with Crippen LogP contribution in [0.5, 0.6) is 0 Å². The highest BCUT2D eigenvalue weighted by atomic mass is 32.2. The predicted molar refractivity (Wildman–Crippen MR) is 137 cm³/mol. The van der Waals surface area contributed by atoms with Crippen LogP contribution < -0.4 is 0 Å². The Morgan fingerprint density at radius 1 is 1.10 bits per heavy atom. The zero-order chi connectivity index (χ0) is 29.2. The molecule has 1 aromatic carbocycles. The minimum Gasteiger partial charge on any atom is -0.291 e. The average Bonchev–Trinajstić information content (AvgIpc) is 3.57. The van der Waals surface area contributed by atoms with E-state index >= 15 is 0 Å². The first kappa shape index (κ1) is 27.0. The number of allylic oxidation sites excluding steroid dienone is 1. The highest BCUT2D eigenvalue weighted by Crippen LogP contribution is 2.52. The molecule has 0 aliphatic heterocycles. The standard InChI is InChI=1S/C27H22F4N6O3S/c1-36-25(33-15-35-36)41(39,40)21-7-2-17-11-23-16(14-34-37(23)20-5-3-19(28)4-6-20)12-26(17,13-21)24(38)22-10-18(8-9-32-22)27(29,30)31/h3-6,8-11,14-15,21H,2,7,12-13H2,1H3/t21-,26-/m0/s1. The third-order valence-electron chi connectivity index (χ3n) is 7.80. The first-order valence-corrected chi connectivity index (χ1v) is 14.1. The Balaban J connectivity index is 1.48. The van der Waals surface area contributed by atoms with Crippen molar-refractivity contribution in [3.63, 3.8) is 0 Å². The van der Waals surface area contributed by atoms with Crippen LogP contribution in [0, 0.1) is 11.2 Å². The Hall–Kier alpha value is -4.20. The highest BCUT2D eigenvalue weighted by molar-refractivity contribution is 7.91. The molecule has 1 fully saturated rings. The van der Waals surface area contributed by atoms with E-state index in [2.05, 4.69) is 20.2 Å². The molecule has 1 saturated carbocycles. The summed E-state index contributed by atoms with van der Waals surface area (Å²) in [5.41, 5.74) is -0.565. The van der Waals surface area contributed by atoms with Gasteiger partial charge in [0.15, 0.2) is 5.78 Å². The van der Waals surface area contributed by atoms with Gasteiger partial charge < -0.3 is 0 Å². The van der Waals surface area contributed by atoms with Crippen molar-refractivity contribution in [3.8, 4) is 5.69 Å². The maximum Gasteiger partial charge on any atom is 0.416 e. The molecule has 2 aliphatic rings. The molecule has 0 radical (unpaired) electrons. The Labute approximate surface area is 231 Å². The molecule has 0 spiro atoms. The first-order chi connectivity index (χ1) is 19.4. The molecule has 41 heavy (non-hydrogen) atoms. The second-order valence-electron chi connectivity index (χ2n) is 10.2. The van der Waals surface area contributed by atoms with E-state index in [1.165, 1.54) is 25.4 Å². The minimum atomic E-state index is -4.70. The summed E-state index contributed by atoms with van der Waals surface area (Å²) in [6.45, 7) is 0. The van der Waals surface area contributed by atoms with Crippen LogP contribution in [0.1, 0.15) is 46.6 Å². The summed E-state index contributed by atoms with van der Waals surface area (Å²) in [4.78, 5) is 22.1. The summed E-state index contributed by atoms with van der Waals surface area (Å²) in [6, 6.07) is 7.15. The Morgan fingerprint density at radius 2 is 1.85 bits per heavy atom. The molecule has 2 atom stereocenters. The number of alkyl halides is 3. The van der Waals surface area contributed by atoms with Gasteiger partial charge in [0.25, 0.3) is 0 Å². The number of sulfone groups is 1. The van der Waals surface area contributed by atoms with Crippen molar-refractivity contribution >= 4 is 21.7 Å². The summed E-state index contributed by atoms with van der Waals surface area (Å²) in [6.07, 6.45) is 0.759. The third kappa shape index (κ3) is 4.46. The minimum absolute atomic E-state index is 0.00302. The summed E-state index contributed by atoms with van der Waals surface area (Å²) >= 11 is 0. The SMILES string of the molecule is Cn1ncnc1S(=O)(=O)[C@H]1CCC2=Cc3c(cnn3-c3ccc(F)cc3)C[C@]2(C(=O)c2cc(C(F)(F)F)ccn2)C1. The van der Waals surface area contributed by atoms with E-state index in [0.29, 0.717) is 28.6 Å². The predicted octanol–water partition coefficient (Wildman–Crippen LogP) is 4.39. The number of fused-ring (bicyclic) bond motifs is 2. The van der Waals surface area contributed by atoms with Gasteiger partial charge in [0.1, 0.15) is 17.8 Å². The van der Waals surface area contributed by atoms with E-state index in [4.69, 9.17) is 0 Å². The van der Waals surface area contributed by atoms with Gasteiger partial charge in [-0.2, -0.15) is 23.4 Å². The average molecular weight is 587 g/mol. The molecule has 3 aromatic heterocycles. The van der Waals surface area contributed by atoms with Crippen LogP contribution in [0.2, 0.25) is 0 Å². The van der Waals surface area contributed by atoms with Crippen molar-refractivity contribution < 1.29 is 30.8 Å². The van der Waals surface area contributed by atoms with Gasteiger partial charge in [0.2, 0.25) is 15.0 Å². The molecule has 212 valence electrons. The quantitative estimate of drug-likeness (QED) is 0.252. The fourth-order valence-electron chi connectivity index (χ4n) is 5.79. The van der Waals surface area contributed by atoms with Crippen LogP contribution in [-0.4, -0.2) is 49.0 Å². The van der Waals surface area contributed by atoms with Gasteiger partial charge in [-0.25, -0.2) is 27.2 Å². The lowest BCUT2D eigenvalue weighted by atomic mass is 9.61. The largest absolute Gasteiger partial charge is 0.416 e. The van der Waals surface area contributed by atoms with E-state index in [9.17, 15) is 30.8 Å². The molecular weight excluding hydrogens is 564 g/mol. The van der Waals surface area contributed by atoms with Crippen LogP contribution in [0.15, 0.2) is 65.8 Å². The molecule has 0 unspecified atom stereocenters. The molecule has 3 heterocycles. The lowest BCUT2D eigenvalue weighted by molar-refractivity contribution is -0.137. The Kier molecular flexibility index (Phi) is 6.21. The van der Waals surface area contributed by atoms with Gasteiger partial charge in [-0.1, -0.05) is 5.57 Å². The molecule has 9 nitrogen and oxygen atoms in total. The van der Waals surface area contributed by atoms with Crippen LogP contribution in [-0.2, 0) is 29.5 Å². The van der Waals surface area contributed by atoms with Gasteiger partial charge in [-0.15, -0.1) is 0 Å². The van der Waals surface area contributed by atoms with Crippen molar-refractivity contribution in [1.29, 1.82) is 0 Å². The Bertz CT molecular complexity index is 1810. The molecule has 0 bridgehead atoms. The first-order valence-electron chi connectivity index (χ1n) is 12.6. The summed E-state index contributed by atoms with van der Waals surface area (Å²) in [5.74, 6) is -1.12. The van der Waals surface area contributed by atoms with Crippen LogP contribution in [0.3, 0.4) is 0 Å². The van der Waals surface area contributed by atoms with Crippen LogP contribution in [0.25, 0.3) is 11.8 Å². The maximum absolute atomic E-state index is 14.2. The molecule has 4 aromatic rings. The van der Waals surface area contributed by atoms with Gasteiger partial charge >= 0.3 is 6.18 Å². The van der Waals surface area contributed by atoms with E-state index in [-0.39, 0.29) is 30.8 Å². The summed E-state index contributed by atoms with van der Waals surface area (Å²) in [7, 11) is -2.61. The molecular formula is C27H22F4N6O3S. The second-order valence-corrected chi connectivity index (χ2v) is 12.3. The van der Waals surface area contributed by atoms with E-state index in [1.54, 1.807) is 22.9 Å². The van der Waals surface area contributed by atoms with Crippen molar-refractivity contribution in [2.24, 2.45) is 12.5 Å². The summed E-state index contributed by atoms with van der Waals surface area (Å²) < 4.78 is 84.1. The van der Waals surface area contributed by atoms with E-state index in [0.717, 1.165) is 23.3 Å². The maximum atomic E-state index is 14.2. The lowest BCUT2D eigenvalue weighted by Gasteiger charge is -2.43. The van der Waals surface area contributed by atoms with E-state index in [1.807, 2.05) is 0 Å².